The molecule has 1 aromatic carbocycles. The van der Waals surface area contributed by atoms with Crippen LogP contribution in [0.5, 0.6) is 0 Å². The summed E-state index contributed by atoms with van der Waals surface area (Å²) in [6.07, 6.45) is 5.64. The molecule has 1 heterocycles. The van der Waals surface area contributed by atoms with Gasteiger partial charge < -0.3 is 10.7 Å². The molecule has 0 saturated heterocycles. The number of rotatable bonds is 3. The SMILES string of the molecule is NNc1cnc(C(=O)NC2CCc3ccccc3C2)cn1. The zero-order valence-corrected chi connectivity index (χ0v) is 11.5. The molecule has 1 aliphatic carbocycles. The normalized spacial score (nSPS) is 16.9. The van der Waals surface area contributed by atoms with Crippen LogP contribution >= 0.6 is 0 Å². The van der Waals surface area contributed by atoms with Gasteiger partial charge in [-0.3, -0.25) is 4.79 Å². The molecule has 1 unspecified atom stereocenters. The number of nitrogens with one attached hydrogen (secondary N) is 2. The van der Waals surface area contributed by atoms with Gasteiger partial charge in [-0.15, -0.1) is 0 Å². The maximum Gasteiger partial charge on any atom is 0.271 e. The molecular formula is C15H17N5O. The van der Waals surface area contributed by atoms with Crippen molar-refractivity contribution in [3.63, 3.8) is 0 Å². The third kappa shape index (κ3) is 3.00. The minimum atomic E-state index is -0.199. The number of amides is 1. The average molecular weight is 283 g/mol. The summed E-state index contributed by atoms with van der Waals surface area (Å²) in [7, 11) is 0. The number of anilines is 1. The van der Waals surface area contributed by atoms with E-state index in [1.807, 2.05) is 6.07 Å². The van der Waals surface area contributed by atoms with Gasteiger partial charge >= 0.3 is 0 Å². The minimum Gasteiger partial charge on any atom is -0.348 e. The van der Waals surface area contributed by atoms with Gasteiger partial charge in [0.25, 0.3) is 5.91 Å². The molecule has 0 aliphatic heterocycles. The molecule has 3 rings (SSSR count). The molecule has 108 valence electrons. The number of carbonyl (C=O) groups excluding carboxylic acids is 1. The van der Waals surface area contributed by atoms with Crippen LogP contribution in [0.1, 0.15) is 28.0 Å². The predicted molar refractivity (Wildman–Crippen MR) is 79.6 cm³/mol. The number of hydrazine groups is 1. The molecule has 0 saturated carbocycles. The van der Waals surface area contributed by atoms with Crippen molar-refractivity contribution in [2.45, 2.75) is 25.3 Å². The van der Waals surface area contributed by atoms with Crippen molar-refractivity contribution in [1.29, 1.82) is 0 Å². The molecule has 6 heteroatoms. The van der Waals surface area contributed by atoms with Gasteiger partial charge in [0, 0.05) is 6.04 Å². The lowest BCUT2D eigenvalue weighted by atomic mass is 9.88. The van der Waals surface area contributed by atoms with Gasteiger partial charge in [-0.05, 0) is 30.4 Å². The van der Waals surface area contributed by atoms with E-state index in [1.54, 1.807) is 0 Å². The highest BCUT2D eigenvalue weighted by atomic mass is 16.1. The largest absolute Gasteiger partial charge is 0.348 e. The van der Waals surface area contributed by atoms with Crippen LogP contribution in [0.3, 0.4) is 0 Å². The van der Waals surface area contributed by atoms with Gasteiger partial charge in [0.15, 0.2) is 5.82 Å². The number of benzene rings is 1. The summed E-state index contributed by atoms with van der Waals surface area (Å²) in [5.74, 6) is 5.45. The molecule has 1 aliphatic rings. The number of fused-ring (bicyclic) bond motifs is 1. The molecule has 1 atom stereocenters. The first kappa shape index (κ1) is 13.5. The van der Waals surface area contributed by atoms with E-state index in [9.17, 15) is 4.79 Å². The lowest BCUT2D eigenvalue weighted by Gasteiger charge is -2.25. The third-order valence-electron chi connectivity index (χ3n) is 3.71. The van der Waals surface area contributed by atoms with Crippen LogP contribution in [-0.4, -0.2) is 21.9 Å². The van der Waals surface area contributed by atoms with Crippen LogP contribution in [0.25, 0.3) is 0 Å². The number of hydrogen-bond donors (Lipinski definition) is 3. The topological polar surface area (TPSA) is 92.9 Å². The first-order chi connectivity index (χ1) is 10.3. The Morgan fingerprint density at radius 3 is 2.71 bits per heavy atom. The third-order valence-corrected chi connectivity index (χ3v) is 3.71. The molecule has 0 radical (unpaired) electrons. The van der Waals surface area contributed by atoms with Crippen molar-refractivity contribution in [1.82, 2.24) is 15.3 Å². The zero-order chi connectivity index (χ0) is 14.7. The van der Waals surface area contributed by atoms with Crippen LogP contribution in [-0.2, 0) is 12.8 Å². The minimum absolute atomic E-state index is 0.140. The quantitative estimate of drug-likeness (QED) is 0.578. The Morgan fingerprint density at radius 1 is 1.19 bits per heavy atom. The van der Waals surface area contributed by atoms with Crippen molar-refractivity contribution in [2.24, 2.45) is 5.84 Å². The summed E-state index contributed by atoms with van der Waals surface area (Å²) < 4.78 is 0. The van der Waals surface area contributed by atoms with Crippen molar-refractivity contribution in [2.75, 3.05) is 5.43 Å². The summed E-state index contributed by atoms with van der Waals surface area (Å²) in [6.45, 7) is 0. The second-order valence-corrected chi connectivity index (χ2v) is 5.11. The summed E-state index contributed by atoms with van der Waals surface area (Å²) in [6, 6.07) is 8.50. The van der Waals surface area contributed by atoms with E-state index < -0.39 is 0 Å². The maximum atomic E-state index is 12.2. The second-order valence-electron chi connectivity index (χ2n) is 5.11. The second kappa shape index (κ2) is 5.88. The van der Waals surface area contributed by atoms with E-state index in [0.717, 1.165) is 19.3 Å². The zero-order valence-electron chi connectivity index (χ0n) is 11.5. The molecular weight excluding hydrogens is 266 g/mol. The lowest BCUT2D eigenvalue weighted by Crippen LogP contribution is -2.39. The van der Waals surface area contributed by atoms with E-state index in [1.165, 1.54) is 23.5 Å². The van der Waals surface area contributed by atoms with Gasteiger partial charge in [0.2, 0.25) is 0 Å². The van der Waals surface area contributed by atoms with Crippen LogP contribution in [0.4, 0.5) is 5.82 Å². The Labute approximate surface area is 122 Å². The Kier molecular flexibility index (Phi) is 3.79. The number of carbonyl (C=O) groups is 1. The van der Waals surface area contributed by atoms with Crippen LogP contribution in [0.2, 0.25) is 0 Å². The lowest BCUT2D eigenvalue weighted by molar-refractivity contribution is 0.0928. The van der Waals surface area contributed by atoms with E-state index in [-0.39, 0.29) is 11.9 Å². The fraction of sp³-hybridized carbons (Fsp3) is 0.267. The number of nitrogens with two attached hydrogens (primary N) is 1. The molecule has 1 aromatic heterocycles. The first-order valence-electron chi connectivity index (χ1n) is 6.92. The molecule has 1 amide bonds. The highest BCUT2D eigenvalue weighted by Crippen LogP contribution is 2.21. The number of nitrogens with zero attached hydrogens (tertiary/aromatic N) is 2. The molecule has 2 aromatic rings. The Morgan fingerprint density at radius 2 is 2.00 bits per heavy atom. The monoisotopic (exact) mass is 283 g/mol. The molecule has 0 spiro atoms. The van der Waals surface area contributed by atoms with Gasteiger partial charge in [-0.25, -0.2) is 15.8 Å². The summed E-state index contributed by atoms with van der Waals surface area (Å²) in [4.78, 5) is 20.2. The smallest absolute Gasteiger partial charge is 0.271 e. The van der Waals surface area contributed by atoms with Crippen molar-refractivity contribution >= 4 is 11.7 Å². The van der Waals surface area contributed by atoms with E-state index >= 15 is 0 Å². The van der Waals surface area contributed by atoms with E-state index in [0.29, 0.717) is 11.5 Å². The molecule has 6 nitrogen and oxygen atoms in total. The molecule has 4 N–H and O–H groups in total. The van der Waals surface area contributed by atoms with Crippen LogP contribution < -0.4 is 16.6 Å². The fourth-order valence-corrected chi connectivity index (χ4v) is 2.60. The Hall–Kier alpha value is -2.47. The number of aryl methyl sites for hydroxylation is 1. The van der Waals surface area contributed by atoms with E-state index in [4.69, 9.17) is 5.84 Å². The van der Waals surface area contributed by atoms with Gasteiger partial charge in [0.1, 0.15) is 5.69 Å². The number of hydrogen-bond acceptors (Lipinski definition) is 5. The average Bonchev–Trinajstić information content (AvgIpc) is 2.55. The van der Waals surface area contributed by atoms with Crippen molar-refractivity contribution in [3.05, 3.63) is 53.5 Å². The number of nitrogen functional groups attached to an aromatic ring is 1. The van der Waals surface area contributed by atoms with Gasteiger partial charge in [-0.1, -0.05) is 24.3 Å². The predicted octanol–water partition coefficient (Wildman–Crippen LogP) is 1.05. The van der Waals surface area contributed by atoms with Crippen LogP contribution in [0.15, 0.2) is 36.7 Å². The fourth-order valence-electron chi connectivity index (χ4n) is 2.60. The van der Waals surface area contributed by atoms with Crippen molar-refractivity contribution in [3.8, 4) is 0 Å². The molecule has 0 bridgehead atoms. The summed E-state index contributed by atoms with van der Waals surface area (Å²) in [5.41, 5.74) is 5.36. The highest BCUT2D eigenvalue weighted by Gasteiger charge is 2.20. The number of aromatic nitrogens is 2. The Bertz CT molecular complexity index is 641. The van der Waals surface area contributed by atoms with E-state index in [2.05, 4.69) is 38.9 Å². The van der Waals surface area contributed by atoms with Crippen molar-refractivity contribution < 1.29 is 4.79 Å². The summed E-state index contributed by atoms with van der Waals surface area (Å²) >= 11 is 0. The first-order valence-corrected chi connectivity index (χ1v) is 6.92. The molecule has 21 heavy (non-hydrogen) atoms. The van der Waals surface area contributed by atoms with Crippen LogP contribution in [0, 0.1) is 0 Å². The summed E-state index contributed by atoms with van der Waals surface area (Å²) in [5, 5.41) is 3.02. The van der Waals surface area contributed by atoms with Gasteiger partial charge in [-0.2, -0.15) is 0 Å². The highest BCUT2D eigenvalue weighted by molar-refractivity contribution is 5.92. The maximum absolute atomic E-state index is 12.2. The molecule has 0 fully saturated rings. The van der Waals surface area contributed by atoms with Gasteiger partial charge in [0.05, 0.1) is 12.4 Å². The Balaban J connectivity index is 1.65. The standard InChI is InChI=1S/C15H17N5O/c16-20-14-9-17-13(8-18-14)15(21)19-12-6-5-10-3-1-2-4-11(10)7-12/h1-4,8-9,12H,5-7,16H2,(H,18,20)(H,19,21).